The van der Waals surface area contributed by atoms with Crippen LogP contribution in [0.25, 0.3) is 0 Å². The van der Waals surface area contributed by atoms with E-state index in [1.54, 1.807) is 0 Å². The minimum Gasteiger partial charge on any atom is -0.481 e. The molecule has 0 unspecified atom stereocenters. The number of hydrogen-bond donors (Lipinski definition) is 1. The largest absolute Gasteiger partial charge is 0.481 e. The summed E-state index contributed by atoms with van der Waals surface area (Å²) in [5.41, 5.74) is 0. The maximum atomic E-state index is 12.1. The Morgan fingerprint density at radius 2 is 1.80 bits per heavy atom. The highest BCUT2D eigenvalue weighted by Crippen LogP contribution is 2.22. The highest BCUT2D eigenvalue weighted by Gasteiger charge is 2.36. The number of aliphatic carboxylic acids is 1. The maximum Gasteiger partial charge on any atom is 0.350 e. The zero-order valence-corrected chi connectivity index (χ0v) is 8.58. The molecule has 8 heteroatoms. The number of piperidine rings is 1. The first-order valence-electron chi connectivity index (χ1n) is 4.35. The number of rotatable bonds is 3. The lowest BCUT2D eigenvalue weighted by Gasteiger charge is -2.28. The first kappa shape index (κ1) is 12.3. The second-order valence-corrected chi connectivity index (χ2v) is 5.22. The molecule has 15 heavy (non-hydrogen) atoms. The molecule has 88 valence electrons. The topological polar surface area (TPSA) is 74.7 Å². The zero-order valence-electron chi connectivity index (χ0n) is 7.77. The van der Waals surface area contributed by atoms with Gasteiger partial charge in [0.05, 0.1) is 5.92 Å². The van der Waals surface area contributed by atoms with E-state index in [2.05, 4.69) is 0 Å². The Balaban J connectivity index is 2.62. The van der Waals surface area contributed by atoms with Gasteiger partial charge in [0.15, 0.2) is 0 Å². The molecule has 0 aliphatic carbocycles. The molecule has 0 aromatic rings. The molecule has 1 aliphatic heterocycles. The van der Waals surface area contributed by atoms with Gasteiger partial charge >= 0.3 is 11.7 Å². The predicted molar refractivity (Wildman–Crippen MR) is 46.9 cm³/mol. The van der Waals surface area contributed by atoms with E-state index in [9.17, 15) is 22.0 Å². The molecule has 1 saturated heterocycles. The maximum absolute atomic E-state index is 12.1. The Kier molecular flexibility index (Phi) is 3.61. The van der Waals surface area contributed by atoms with Crippen LogP contribution in [0.3, 0.4) is 0 Å². The molecule has 1 heterocycles. The van der Waals surface area contributed by atoms with Gasteiger partial charge in [0, 0.05) is 13.1 Å². The molecule has 0 radical (unpaired) electrons. The number of carboxylic acid groups (broad SMARTS) is 1. The first-order chi connectivity index (χ1) is 6.85. The van der Waals surface area contributed by atoms with Gasteiger partial charge in [-0.25, -0.2) is 8.42 Å². The lowest BCUT2D eigenvalue weighted by Crippen LogP contribution is -2.42. The van der Waals surface area contributed by atoms with Crippen LogP contribution in [0.5, 0.6) is 0 Å². The molecule has 0 aromatic carbocycles. The Hall–Kier alpha value is -0.760. The molecule has 0 saturated carbocycles. The monoisotopic (exact) mass is 243 g/mol. The number of hydrogen-bond acceptors (Lipinski definition) is 3. The number of alkyl halides is 2. The molecule has 5 nitrogen and oxygen atoms in total. The average molecular weight is 243 g/mol. The molecule has 0 spiro atoms. The third-order valence-corrected chi connectivity index (χ3v) is 3.92. The Morgan fingerprint density at radius 3 is 2.13 bits per heavy atom. The van der Waals surface area contributed by atoms with Crippen LogP contribution in [0.1, 0.15) is 12.8 Å². The van der Waals surface area contributed by atoms with Crippen molar-refractivity contribution in [3.05, 3.63) is 0 Å². The smallest absolute Gasteiger partial charge is 0.350 e. The lowest BCUT2D eigenvalue weighted by molar-refractivity contribution is -0.142. The molecule has 1 fully saturated rings. The van der Waals surface area contributed by atoms with E-state index in [-0.39, 0.29) is 25.9 Å². The number of carbonyl (C=O) groups is 1. The van der Waals surface area contributed by atoms with Gasteiger partial charge in [0.2, 0.25) is 0 Å². The minimum atomic E-state index is -4.54. The van der Waals surface area contributed by atoms with E-state index in [4.69, 9.17) is 5.11 Å². The zero-order chi connectivity index (χ0) is 11.6. The van der Waals surface area contributed by atoms with Crippen molar-refractivity contribution in [2.75, 3.05) is 13.1 Å². The molecular weight excluding hydrogens is 232 g/mol. The fourth-order valence-corrected chi connectivity index (χ4v) is 2.42. The molecular formula is C7H11F2NO4S. The van der Waals surface area contributed by atoms with Gasteiger partial charge in [0.25, 0.3) is 10.0 Å². The van der Waals surface area contributed by atoms with Crippen molar-refractivity contribution in [3.8, 4) is 0 Å². The van der Waals surface area contributed by atoms with Gasteiger partial charge in [-0.2, -0.15) is 13.1 Å². The van der Waals surface area contributed by atoms with Gasteiger partial charge in [0.1, 0.15) is 0 Å². The third kappa shape index (κ3) is 2.63. The summed E-state index contributed by atoms with van der Waals surface area (Å²) in [6.45, 7) is -0.298. The Labute approximate surface area is 85.7 Å². The van der Waals surface area contributed by atoms with Crippen molar-refractivity contribution in [3.63, 3.8) is 0 Å². The van der Waals surface area contributed by atoms with Crippen LogP contribution in [0.2, 0.25) is 0 Å². The molecule has 1 N–H and O–H groups in total. The highest BCUT2D eigenvalue weighted by atomic mass is 32.2. The van der Waals surface area contributed by atoms with Crippen LogP contribution in [-0.4, -0.2) is 42.6 Å². The molecule has 0 bridgehead atoms. The van der Waals surface area contributed by atoms with E-state index in [0.29, 0.717) is 4.31 Å². The van der Waals surface area contributed by atoms with Gasteiger partial charge in [-0.05, 0) is 12.8 Å². The van der Waals surface area contributed by atoms with E-state index >= 15 is 0 Å². The van der Waals surface area contributed by atoms with Crippen LogP contribution in [0.4, 0.5) is 8.78 Å². The first-order valence-corrected chi connectivity index (χ1v) is 5.86. The summed E-state index contributed by atoms with van der Waals surface area (Å²) in [5.74, 6) is -5.07. The second kappa shape index (κ2) is 4.40. The summed E-state index contributed by atoms with van der Waals surface area (Å²) in [6.07, 6.45) is 0.169. The normalized spacial score (nSPS) is 20.7. The summed E-state index contributed by atoms with van der Waals surface area (Å²) in [7, 11) is -4.54. The predicted octanol–water partition coefficient (Wildman–Crippen LogP) is 0.335. The van der Waals surface area contributed by atoms with E-state index in [0.717, 1.165) is 0 Å². The van der Waals surface area contributed by atoms with Gasteiger partial charge in [-0.3, -0.25) is 4.79 Å². The molecule has 1 aliphatic rings. The minimum absolute atomic E-state index is 0.0846. The number of carboxylic acids is 1. The SMILES string of the molecule is O=C(O)C1CCN(S(=O)(=O)C(F)F)CC1. The molecule has 0 atom stereocenters. The quantitative estimate of drug-likeness (QED) is 0.775. The molecule has 0 aromatic heterocycles. The van der Waals surface area contributed by atoms with Crippen LogP contribution >= 0.6 is 0 Å². The number of sulfonamides is 1. The van der Waals surface area contributed by atoms with Crippen LogP contribution in [0.15, 0.2) is 0 Å². The van der Waals surface area contributed by atoms with Crippen molar-refractivity contribution in [1.82, 2.24) is 4.31 Å². The summed E-state index contributed by atoms with van der Waals surface area (Å²) in [4.78, 5) is 10.5. The van der Waals surface area contributed by atoms with Gasteiger partial charge in [-0.15, -0.1) is 0 Å². The summed E-state index contributed by atoms with van der Waals surface area (Å²) >= 11 is 0. The second-order valence-electron chi connectivity index (χ2n) is 3.32. The van der Waals surface area contributed by atoms with E-state index < -0.39 is 27.7 Å². The van der Waals surface area contributed by atoms with E-state index in [1.165, 1.54) is 0 Å². The van der Waals surface area contributed by atoms with Crippen LogP contribution in [-0.2, 0) is 14.8 Å². The van der Waals surface area contributed by atoms with Crippen LogP contribution < -0.4 is 0 Å². The van der Waals surface area contributed by atoms with Crippen molar-refractivity contribution < 1.29 is 27.1 Å². The summed E-state index contributed by atoms with van der Waals surface area (Å²) < 4.78 is 46.8. The summed E-state index contributed by atoms with van der Waals surface area (Å²) in [5, 5.41) is 8.62. The number of nitrogens with zero attached hydrogens (tertiary/aromatic N) is 1. The van der Waals surface area contributed by atoms with Gasteiger partial charge < -0.3 is 5.11 Å². The van der Waals surface area contributed by atoms with Crippen molar-refractivity contribution in [1.29, 1.82) is 0 Å². The molecule has 0 amide bonds. The van der Waals surface area contributed by atoms with Gasteiger partial charge in [-0.1, -0.05) is 0 Å². The van der Waals surface area contributed by atoms with Crippen molar-refractivity contribution in [2.45, 2.75) is 18.6 Å². The third-order valence-electron chi connectivity index (χ3n) is 2.39. The fraction of sp³-hybridized carbons (Fsp3) is 0.857. The number of halogens is 2. The Morgan fingerprint density at radius 1 is 1.33 bits per heavy atom. The standard InChI is InChI=1S/C7H11F2NO4S/c8-7(9)15(13,14)10-3-1-5(2-4-10)6(11)12/h5,7H,1-4H2,(H,11,12). The molecule has 1 rings (SSSR count). The van der Waals surface area contributed by atoms with E-state index in [1.807, 2.05) is 0 Å². The summed E-state index contributed by atoms with van der Waals surface area (Å²) in [6, 6.07) is 0. The fourth-order valence-electron chi connectivity index (χ4n) is 1.47. The van der Waals surface area contributed by atoms with Crippen molar-refractivity contribution >= 4 is 16.0 Å². The lowest BCUT2D eigenvalue weighted by atomic mass is 9.99. The van der Waals surface area contributed by atoms with Crippen LogP contribution in [0, 0.1) is 5.92 Å². The Bertz CT molecular complexity index is 335. The average Bonchev–Trinajstić information content (AvgIpc) is 2.17. The van der Waals surface area contributed by atoms with Crippen molar-refractivity contribution in [2.24, 2.45) is 5.92 Å². The highest BCUT2D eigenvalue weighted by molar-refractivity contribution is 7.89.